The van der Waals surface area contributed by atoms with Crippen LogP contribution >= 0.6 is 0 Å². The molecule has 1 atom stereocenters. The van der Waals surface area contributed by atoms with Crippen LogP contribution in [0.1, 0.15) is 23.6 Å². The summed E-state index contributed by atoms with van der Waals surface area (Å²) in [6.07, 6.45) is 6.82. The van der Waals surface area contributed by atoms with E-state index in [9.17, 15) is 4.79 Å². The van der Waals surface area contributed by atoms with Gasteiger partial charge in [0, 0.05) is 38.7 Å². The summed E-state index contributed by atoms with van der Waals surface area (Å²) in [5.41, 5.74) is 2.92. The number of hydrogen-bond acceptors (Lipinski definition) is 5. The molecule has 0 radical (unpaired) electrons. The van der Waals surface area contributed by atoms with Crippen molar-refractivity contribution in [2.75, 3.05) is 20.8 Å². The highest BCUT2D eigenvalue weighted by Gasteiger charge is 2.13. The number of pyridine rings is 1. The molecule has 0 saturated carbocycles. The monoisotopic (exact) mass is 446 g/mol. The minimum Gasteiger partial charge on any atom is -0.497 e. The first-order valence-corrected chi connectivity index (χ1v) is 10.8. The van der Waals surface area contributed by atoms with Gasteiger partial charge in [-0.2, -0.15) is 0 Å². The molecule has 1 amide bonds. The van der Waals surface area contributed by atoms with E-state index in [0.29, 0.717) is 19.7 Å². The molecule has 6 nitrogen and oxygen atoms in total. The fourth-order valence-electron chi connectivity index (χ4n) is 3.35. The summed E-state index contributed by atoms with van der Waals surface area (Å²) in [4.78, 5) is 19.0. The third-order valence-electron chi connectivity index (χ3n) is 4.98. The molecule has 3 aromatic rings. The second-order valence-electron chi connectivity index (χ2n) is 7.69. The van der Waals surface area contributed by atoms with E-state index in [1.165, 1.54) is 0 Å². The molecule has 172 valence electrons. The number of ether oxygens (including phenoxy) is 3. The van der Waals surface area contributed by atoms with Gasteiger partial charge in [-0.05, 0) is 66.1 Å². The summed E-state index contributed by atoms with van der Waals surface area (Å²) >= 11 is 0. The van der Waals surface area contributed by atoms with Gasteiger partial charge in [-0.25, -0.2) is 0 Å². The molecule has 0 N–H and O–H groups in total. The molecule has 0 fully saturated rings. The molecule has 0 aliphatic carbocycles. The van der Waals surface area contributed by atoms with Gasteiger partial charge in [-0.1, -0.05) is 24.3 Å². The van der Waals surface area contributed by atoms with Crippen LogP contribution in [0.4, 0.5) is 0 Å². The van der Waals surface area contributed by atoms with Crippen molar-refractivity contribution in [3.8, 4) is 11.5 Å². The van der Waals surface area contributed by atoms with Crippen molar-refractivity contribution in [1.82, 2.24) is 9.88 Å². The molecule has 3 rings (SSSR count). The molecule has 0 aliphatic rings. The molecule has 2 aromatic carbocycles. The molecule has 0 bridgehead atoms. The van der Waals surface area contributed by atoms with Gasteiger partial charge in [0.05, 0.1) is 13.7 Å². The van der Waals surface area contributed by atoms with E-state index in [1.807, 2.05) is 73.7 Å². The number of methoxy groups -OCH3 is 2. The van der Waals surface area contributed by atoms with Gasteiger partial charge in [-0.15, -0.1) is 0 Å². The molecule has 6 heteroatoms. The maximum atomic E-state index is 13.1. The van der Waals surface area contributed by atoms with Crippen LogP contribution in [0.15, 0.2) is 79.1 Å². The predicted molar refractivity (Wildman–Crippen MR) is 129 cm³/mol. The second-order valence-corrected chi connectivity index (χ2v) is 7.69. The van der Waals surface area contributed by atoms with E-state index in [-0.39, 0.29) is 12.0 Å². The minimum absolute atomic E-state index is 0.0627. The molecule has 1 unspecified atom stereocenters. The van der Waals surface area contributed by atoms with E-state index in [2.05, 4.69) is 4.98 Å². The predicted octanol–water partition coefficient (Wildman–Crippen LogP) is 4.75. The van der Waals surface area contributed by atoms with Crippen molar-refractivity contribution in [2.45, 2.75) is 26.1 Å². The molecule has 0 spiro atoms. The summed E-state index contributed by atoms with van der Waals surface area (Å²) in [6, 6.07) is 19.2. The molecular formula is C27H30N2O4. The lowest BCUT2D eigenvalue weighted by Crippen LogP contribution is -2.28. The lowest BCUT2D eigenvalue weighted by Gasteiger charge is -2.22. The van der Waals surface area contributed by atoms with Crippen molar-refractivity contribution in [2.24, 2.45) is 0 Å². The first-order chi connectivity index (χ1) is 16.1. The maximum Gasteiger partial charge on any atom is 0.247 e. The van der Waals surface area contributed by atoms with Crippen LogP contribution < -0.4 is 9.47 Å². The van der Waals surface area contributed by atoms with Crippen LogP contribution in [0.3, 0.4) is 0 Å². The van der Waals surface area contributed by atoms with Crippen LogP contribution in [0.5, 0.6) is 11.5 Å². The van der Waals surface area contributed by atoms with Crippen LogP contribution in [0.25, 0.3) is 6.08 Å². The Labute approximate surface area is 195 Å². The summed E-state index contributed by atoms with van der Waals surface area (Å²) in [7, 11) is 3.28. The molecule has 0 aliphatic heterocycles. The number of hydrogen-bond donors (Lipinski definition) is 0. The van der Waals surface area contributed by atoms with E-state index < -0.39 is 0 Å². The van der Waals surface area contributed by atoms with Crippen molar-refractivity contribution < 1.29 is 19.0 Å². The number of carbonyl (C=O) groups is 1. The van der Waals surface area contributed by atoms with E-state index in [0.717, 1.165) is 28.2 Å². The zero-order chi connectivity index (χ0) is 23.5. The highest BCUT2D eigenvalue weighted by atomic mass is 16.5. The fourth-order valence-corrected chi connectivity index (χ4v) is 3.35. The quantitative estimate of drug-likeness (QED) is 0.398. The average Bonchev–Trinajstić information content (AvgIpc) is 2.83. The Morgan fingerprint density at radius 1 is 0.970 bits per heavy atom. The largest absolute Gasteiger partial charge is 0.497 e. The Morgan fingerprint density at radius 2 is 1.70 bits per heavy atom. The van der Waals surface area contributed by atoms with E-state index >= 15 is 0 Å². The van der Waals surface area contributed by atoms with Gasteiger partial charge in [0.15, 0.2) is 0 Å². The highest BCUT2D eigenvalue weighted by molar-refractivity contribution is 5.91. The molecular weight excluding hydrogens is 416 g/mol. The molecule has 1 heterocycles. The number of amides is 1. The first kappa shape index (κ1) is 24.0. The van der Waals surface area contributed by atoms with Gasteiger partial charge in [0.2, 0.25) is 5.91 Å². The van der Waals surface area contributed by atoms with Gasteiger partial charge < -0.3 is 19.1 Å². The summed E-state index contributed by atoms with van der Waals surface area (Å²) in [5.74, 6) is 1.45. The zero-order valence-corrected chi connectivity index (χ0v) is 19.3. The Hall–Kier alpha value is -3.64. The Balaban J connectivity index is 1.76. The van der Waals surface area contributed by atoms with Crippen LogP contribution in [-0.4, -0.2) is 42.7 Å². The van der Waals surface area contributed by atoms with Crippen LogP contribution in [-0.2, 0) is 22.6 Å². The second kappa shape index (κ2) is 12.4. The van der Waals surface area contributed by atoms with Crippen LogP contribution in [0, 0.1) is 0 Å². The van der Waals surface area contributed by atoms with Gasteiger partial charge in [0.1, 0.15) is 17.6 Å². The van der Waals surface area contributed by atoms with Crippen LogP contribution in [0.2, 0.25) is 0 Å². The minimum atomic E-state index is -0.0818. The fraction of sp³-hybridized carbons (Fsp3) is 0.259. The van der Waals surface area contributed by atoms with Crippen molar-refractivity contribution in [1.29, 1.82) is 0 Å². The van der Waals surface area contributed by atoms with Crippen molar-refractivity contribution in [3.05, 3.63) is 95.8 Å². The first-order valence-electron chi connectivity index (χ1n) is 10.8. The highest BCUT2D eigenvalue weighted by Crippen LogP contribution is 2.19. The lowest BCUT2D eigenvalue weighted by atomic mass is 10.1. The number of nitrogens with zero attached hydrogens (tertiary/aromatic N) is 2. The number of benzene rings is 2. The molecule has 33 heavy (non-hydrogen) atoms. The zero-order valence-electron chi connectivity index (χ0n) is 19.3. The smallest absolute Gasteiger partial charge is 0.247 e. The number of aromatic nitrogens is 1. The Kier molecular flexibility index (Phi) is 9.03. The third-order valence-corrected chi connectivity index (χ3v) is 4.98. The van der Waals surface area contributed by atoms with Gasteiger partial charge in [-0.3, -0.25) is 9.78 Å². The maximum absolute atomic E-state index is 13.1. The number of carbonyl (C=O) groups excluding carboxylic acids is 1. The topological polar surface area (TPSA) is 60.9 Å². The molecule has 1 aromatic heterocycles. The van der Waals surface area contributed by atoms with E-state index in [1.54, 1.807) is 37.6 Å². The van der Waals surface area contributed by atoms with E-state index in [4.69, 9.17) is 14.2 Å². The average molecular weight is 447 g/mol. The van der Waals surface area contributed by atoms with Gasteiger partial charge in [0.25, 0.3) is 0 Å². The summed E-state index contributed by atoms with van der Waals surface area (Å²) in [5, 5.41) is 0. The lowest BCUT2D eigenvalue weighted by molar-refractivity contribution is -0.127. The van der Waals surface area contributed by atoms with Gasteiger partial charge >= 0.3 is 0 Å². The van der Waals surface area contributed by atoms with Crippen molar-refractivity contribution >= 4 is 12.0 Å². The van der Waals surface area contributed by atoms with Crippen molar-refractivity contribution in [3.63, 3.8) is 0 Å². The number of rotatable bonds is 11. The Morgan fingerprint density at radius 3 is 2.39 bits per heavy atom. The molecule has 0 saturated heterocycles. The Bertz CT molecular complexity index is 1040. The third kappa shape index (κ3) is 7.77. The summed E-state index contributed by atoms with van der Waals surface area (Å²) in [6.45, 7) is 3.38. The standard InChI is InChI=1S/C27H30N2O4/c1-21(20-31-2)33-26-6-4-5-24(17-26)19-29(18-23-13-15-28-16-14-23)27(30)12-9-22-7-10-25(32-3)11-8-22/h4-17,21H,18-20H2,1-3H3. The normalized spacial score (nSPS) is 11.8. The summed E-state index contributed by atoms with van der Waals surface area (Å²) < 4.78 is 16.3. The SMILES string of the molecule is COCC(C)Oc1cccc(CN(Cc2ccncc2)C(=O)C=Cc2ccc(OC)cc2)c1.